The summed E-state index contributed by atoms with van der Waals surface area (Å²) in [5.74, 6) is -1.63. The van der Waals surface area contributed by atoms with Gasteiger partial charge in [-0.2, -0.15) is 5.26 Å². The molecule has 1 rings (SSSR count). The quantitative estimate of drug-likeness (QED) is 0.747. The van der Waals surface area contributed by atoms with Crippen molar-refractivity contribution < 1.29 is 19.1 Å². The number of carbonyl (C=O) groups excluding carboxylic acids is 2. The smallest absolute Gasteiger partial charge is 0.348 e. The molecule has 0 aliphatic rings. The molecule has 1 aromatic rings. The second kappa shape index (κ2) is 7.54. The minimum Gasteiger partial charge on any atom is -0.465 e. The largest absolute Gasteiger partial charge is 0.465 e. The van der Waals surface area contributed by atoms with Crippen LogP contribution in [-0.2, 0) is 20.7 Å². The van der Waals surface area contributed by atoms with E-state index in [9.17, 15) is 9.59 Å². The summed E-state index contributed by atoms with van der Waals surface area (Å²) in [7, 11) is 1.33. The number of nitriles is 1. The topological polar surface area (TPSA) is 76.4 Å². The van der Waals surface area contributed by atoms with Crippen LogP contribution < -0.4 is 0 Å². The average Bonchev–Trinajstić information content (AvgIpc) is 2.87. The summed E-state index contributed by atoms with van der Waals surface area (Å²) in [6, 6.07) is 5.42. The van der Waals surface area contributed by atoms with E-state index in [0.29, 0.717) is 17.7 Å². The van der Waals surface area contributed by atoms with Gasteiger partial charge in [0, 0.05) is 4.88 Å². The lowest BCUT2D eigenvalue weighted by atomic mass is 10.0. The molecule has 19 heavy (non-hydrogen) atoms. The monoisotopic (exact) mass is 281 g/mol. The maximum atomic E-state index is 11.4. The highest BCUT2D eigenvalue weighted by molar-refractivity contribution is 7.13. The van der Waals surface area contributed by atoms with Gasteiger partial charge < -0.3 is 9.47 Å². The molecule has 5 nitrogen and oxygen atoms in total. The molecule has 0 bridgehead atoms. The summed E-state index contributed by atoms with van der Waals surface area (Å²) in [5.41, 5.74) is 0. The normalized spacial score (nSPS) is 11.4. The van der Waals surface area contributed by atoms with Gasteiger partial charge in [-0.1, -0.05) is 0 Å². The van der Waals surface area contributed by atoms with Crippen LogP contribution in [0.2, 0.25) is 0 Å². The van der Waals surface area contributed by atoms with Crippen LogP contribution in [0.3, 0.4) is 0 Å². The Hall–Kier alpha value is -1.87. The van der Waals surface area contributed by atoms with Crippen molar-refractivity contribution in [3.8, 4) is 6.07 Å². The number of hydrogen-bond acceptors (Lipinski definition) is 6. The van der Waals surface area contributed by atoms with Gasteiger partial charge in [-0.05, 0) is 31.9 Å². The van der Waals surface area contributed by atoms with E-state index in [0.717, 1.165) is 4.88 Å². The van der Waals surface area contributed by atoms with Crippen molar-refractivity contribution in [2.24, 2.45) is 5.92 Å². The summed E-state index contributed by atoms with van der Waals surface area (Å²) in [6.45, 7) is 1.97. The van der Waals surface area contributed by atoms with Gasteiger partial charge in [-0.15, -0.1) is 11.3 Å². The lowest BCUT2D eigenvalue weighted by Gasteiger charge is -2.06. The van der Waals surface area contributed by atoms with E-state index in [4.69, 9.17) is 10.00 Å². The molecule has 0 spiro atoms. The minimum atomic E-state index is -0.761. The number of thiophene rings is 1. The maximum Gasteiger partial charge on any atom is 0.348 e. The average molecular weight is 281 g/mol. The third kappa shape index (κ3) is 4.38. The SMILES string of the molecule is CCOC(=O)C(C#N)CCc1ccc(C(=O)OC)s1. The highest BCUT2D eigenvalue weighted by Gasteiger charge is 2.19. The number of aryl methyl sites for hydroxylation is 1. The molecule has 0 aliphatic heterocycles. The third-order valence-corrected chi connectivity index (χ3v) is 3.58. The van der Waals surface area contributed by atoms with Crippen molar-refractivity contribution in [1.29, 1.82) is 5.26 Å². The molecule has 0 fully saturated rings. The summed E-state index contributed by atoms with van der Waals surface area (Å²) in [5, 5.41) is 8.91. The molecule has 6 heteroatoms. The van der Waals surface area contributed by atoms with Crippen LogP contribution in [-0.4, -0.2) is 25.7 Å². The molecule has 0 saturated heterocycles. The number of rotatable bonds is 6. The van der Waals surface area contributed by atoms with Gasteiger partial charge in [0.2, 0.25) is 0 Å². The number of methoxy groups -OCH3 is 1. The summed E-state index contributed by atoms with van der Waals surface area (Å²) >= 11 is 1.31. The number of hydrogen-bond donors (Lipinski definition) is 0. The van der Waals surface area contributed by atoms with Crippen molar-refractivity contribution in [3.63, 3.8) is 0 Å². The highest BCUT2D eigenvalue weighted by Crippen LogP contribution is 2.20. The van der Waals surface area contributed by atoms with Gasteiger partial charge in [-0.3, -0.25) is 4.79 Å². The number of carbonyl (C=O) groups is 2. The molecule has 0 aromatic carbocycles. The van der Waals surface area contributed by atoms with Gasteiger partial charge in [0.15, 0.2) is 0 Å². The fraction of sp³-hybridized carbons (Fsp3) is 0.462. The predicted molar refractivity (Wildman–Crippen MR) is 69.7 cm³/mol. The molecule has 1 heterocycles. The first-order chi connectivity index (χ1) is 9.12. The Kier molecular flexibility index (Phi) is 6.03. The number of ether oxygens (including phenoxy) is 2. The van der Waals surface area contributed by atoms with Crippen LogP contribution in [0.4, 0.5) is 0 Å². The Labute approximate surface area is 115 Å². The fourth-order valence-electron chi connectivity index (χ4n) is 1.49. The Morgan fingerprint density at radius 2 is 2.21 bits per heavy atom. The number of nitrogens with zero attached hydrogens (tertiary/aromatic N) is 1. The van der Waals surface area contributed by atoms with Crippen molar-refractivity contribution in [1.82, 2.24) is 0 Å². The van der Waals surface area contributed by atoms with Gasteiger partial charge in [0.1, 0.15) is 10.8 Å². The molecular formula is C13H15NO4S. The van der Waals surface area contributed by atoms with E-state index in [1.54, 1.807) is 19.1 Å². The zero-order valence-corrected chi connectivity index (χ0v) is 11.7. The summed E-state index contributed by atoms with van der Waals surface area (Å²) in [6.07, 6.45) is 0.940. The molecule has 0 aliphatic carbocycles. The highest BCUT2D eigenvalue weighted by atomic mass is 32.1. The van der Waals surface area contributed by atoms with Crippen LogP contribution in [0.15, 0.2) is 12.1 Å². The zero-order valence-electron chi connectivity index (χ0n) is 10.8. The Balaban J connectivity index is 2.56. The third-order valence-electron chi connectivity index (χ3n) is 2.45. The van der Waals surface area contributed by atoms with Crippen LogP contribution in [0.25, 0.3) is 0 Å². The van der Waals surface area contributed by atoms with E-state index < -0.39 is 11.9 Å². The molecule has 0 radical (unpaired) electrons. The first kappa shape index (κ1) is 15.2. The standard InChI is InChI=1S/C13H15NO4S/c1-3-18-12(15)9(8-14)4-5-10-6-7-11(19-10)13(16)17-2/h6-7,9H,3-5H2,1-2H3. The Morgan fingerprint density at radius 1 is 1.47 bits per heavy atom. The van der Waals surface area contributed by atoms with Crippen LogP contribution in [0.5, 0.6) is 0 Å². The molecule has 1 aromatic heterocycles. The second-order valence-electron chi connectivity index (χ2n) is 3.73. The molecule has 102 valence electrons. The molecule has 0 saturated carbocycles. The van der Waals surface area contributed by atoms with E-state index in [1.165, 1.54) is 18.4 Å². The summed E-state index contributed by atoms with van der Waals surface area (Å²) in [4.78, 5) is 24.2. The van der Waals surface area contributed by atoms with E-state index in [-0.39, 0.29) is 12.6 Å². The van der Waals surface area contributed by atoms with Gasteiger partial charge in [0.25, 0.3) is 0 Å². The van der Waals surface area contributed by atoms with Crippen molar-refractivity contribution in [2.45, 2.75) is 19.8 Å². The molecule has 1 unspecified atom stereocenters. The van der Waals surface area contributed by atoms with E-state index in [2.05, 4.69) is 4.74 Å². The van der Waals surface area contributed by atoms with Gasteiger partial charge >= 0.3 is 11.9 Å². The number of esters is 2. The maximum absolute atomic E-state index is 11.4. The summed E-state index contributed by atoms with van der Waals surface area (Å²) < 4.78 is 9.42. The van der Waals surface area contributed by atoms with E-state index in [1.807, 2.05) is 6.07 Å². The fourth-order valence-corrected chi connectivity index (χ4v) is 2.43. The van der Waals surface area contributed by atoms with Crippen LogP contribution >= 0.6 is 11.3 Å². The zero-order chi connectivity index (χ0) is 14.3. The molecule has 1 atom stereocenters. The lowest BCUT2D eigenvalue weighted by Crippen LogP contribution is -2.16. The first-order valence-corrected chi connectivity index (χ1v) is 6.67. The predicted octanol–water partition coefficient (Wildman–Crippen LogP) is 2.17. The van der Waals surface area contributed by atoms with Crippen LogP contribution in [0.1, 0.15) is 27.9 Å². The van der Waals surface area contributed by atoms with E-state index >= 15 is 0 Å². The van der Waals surface area contributed by atoms with Crippen LogP contribution in [0, 0.1) is 17.2 Å². The van der Waals surface area contributed by atoms with Gasteiger partial charge in [0.05, 0.1) is 19.8 Å². The lowest BCUT2D eigenvalue weighted by molar-refractivity contribution is -0.146. The molecule has 0 amide bonds. The molecule has 0 N–H and O–H groups in total. The van der Waals surface area contributed by atoms with Crippen molar-refractivity contribution >= 4 is 23.3 Å². The Morgan fingerprint density at radius 3 is 2.79 bits per heavy atom. The minimum absolute atomic E-state index is 0.266. The first-order valence-electron chi connectivity index (χ1n) is 5.85. The van der Waals surface area contributed by atoms with Crippen molar-refractivity contribution in [3.05, 3.63) is 21.9 Å². The second-order valence-corrected chi connectivity index (χ2v) is 4.90. The van der Waals surface area contributed by atoms with Crippen molar-refractivity contribution in [2.75, 3.05) is 13.7 Å². The van der Waals surface area contributed by atoms with Gasteiger partial charge in [-0.25, -0.2) is 4.79 Å². The Bertz CT molecular complexity index is 489. The molecular weight excluding hydrogens is 266 g/mol.